The minimum atomic E-state index is -0.838. The van der Waals surface area contributed by atoms with Crippen LogP contribution in [-0.2, 0) is 16.0 Å². The molecule has 4 rings (SSSR count). The number of anilines is 2. The third-order valence-electron chi connectivity index (χ3n) is 5.46. The predicted octanol–water partition coefficient (Wildman–Crippen LogP) is 3.39. The van der Waals surface area contributed by atoms with E-state index in [1.807, 2.05) is 24.3 Å². The van der Waals surface area contributed by atoms with Crippen LogP contribution in [0.2, 0.25) is 0 Å². The highest BCUT2D eigenvalue weighted by Gasteiger charge is 2.28. The van der Waals surface area contributed by atoms with Crippen molar-refractivity contribution in [3.8, 4) is 0 Å². The highest BCUT2D eigenvalue weighted by Crippen LogP contribution is 2.34. The summed E-state index contributed by atoms with van der Waals surface area (Å²) in [5.41, 5.74) is 4.01. The van der Waals surface area contributed by atoms with Crippen LogP contribution in [0.4, 0.5) is 15.8 Å². The van der Waals surface area contributed by atoms with Crippen molar-refractivity contribution < 1.29 is 14.0 Å². The first-order valence-electron chi connectivity index (χ1n) is 10.1. The van der Waals surface area contributed by atoms with Crippen LogP contribution >= 0.6 is 0 Å². The predicted molar refractivity (Wildman–Crippen MR) is 117 cm³/mol. The highest BCUT2D eigenvalue weighted by molar-refractivity contribution is 6.39. The Morgan fingerprint density at radius 1 is 1.13 bits per heavy atom. The van der Waals surface area contributed by atoms with Gasteiger partial charge in [-0.15, -0.1) is 0 Å². The molecule has 31 heavy (non-hydrogen) atoms. The number of aromatic nitrogens is 1. The Hall–Kier alpha value is -3.74. The minimum Gasteiger partial charge on any atom is -0.362 e. The van der Waals surface area contributed by atoms with E-state index in [1.54, 1.807) is 31.5 Å². The third kappa shape index (κ3) is 4.55. The molecule has 2 heterocycles. The number of rotatable bonds is 5. The van der Waals surface area contributed by atoms with Crippen LogP contribution in [0, 0.1) is 12.7 Å². The van der Waals surface area contributed by atoms with Crippen LogP contribution in [0.15, 0.2) is 67.0 Å². The van der Waals surface area contributed by atoms with Gasteiger partial charge in [0.15, 0.2) is 0 Å². The molecule has 2 amide bonds. The zero-order valence-corrected chi connectivity index (χ0v) is 17.1. The van der Waals surface area contributed by atoms with E-state index < -0.39 is 17.6 Å². The van der Waals surface area contributed by atoms with E-state index in [1.165, 1.54) is 11.6 Å². The number of pyridine rings is 1. The Morgan fingerprint density at radius 3 is 2.74 bits per heavy atom. The maximum atomic E-state index is 13.7. The van der Waals surface area contributed by atoms with Crippen LogP contribution < -0.4 is 15.5 Å². The molecule has 6 nitrogen and oxygen atoms in total. The molecule has 3 aromatic rings. The summed E-state index contributed by atoms with van der Waals surface area (Å²) in [6.07, 6.45) is 4.39. The van der Waals surface area contributed by atoms with Gasteiger partial charge in [-0.2, -0.15) is 0 Å². The Kier molecular flexibility index (Phi) is 5.93. The fourth-order valence-corrected chi connectivity index (χ4v) is 3.80. The maximum absolute atomic E-state index is 13.7. The number of amides is 2. The standard InChI is InChI=1S/C24H23FN4O2/c1-16-8-9-19(13-20(16)25)28-24(31)23(30)27-15-22(18-6-4-11-26-14-18)29-12-10-17-5-2-3-7-21(17)29/h2-9,11,13-14,22H,10,12,15H2,1H3,(H,27,30)(H,28,31)/t22-/m0/s1. The fraction of sp³-hybridized carbons (Fsp3) is 0.208. The zero-order valence-electron chi connectivity index (χ0n) is 17.1. The number of hydrogen-bond acceptors (Lipinski definition) is 4. The number of carbonyl (C=O) groups is 2. The van der Waals surface area contributed by atoms with Crippen LogP contribution in [0.1, 0.15) is 22.7 Å². The van der Waals surface area contributed by atoms with Gasteiger partial charge in [0, 0.05) is 36.9 Å². The van der Waals surface area contributed by atoms with Gasteiger partial charge in [-0.05, 0) is 54.3 Å². The van der Waals surface area contributed by atoms with Gasteiger partial charge < -0.3 is 15.5 Å². The third-order valence-corrected chi connectivity index (χ3v) is 5.46. The van der Waals surface area contributed by atoms with Crippen LogP contribution in [0.3, 0.4) is 0 Å². The average Bonchev–Trinajstić information content (AvgIpc) is 3.21. The van der Waals surface area contributed by atoms with Gasteiger partial charge in [-0.3, -0.25) is 14.6 Å². The van der Waals surface area contributed by atoms with Crippen molar-refractivity contribution in [1.29, 1.82) is 0 Å². The lowest BCUT2D eigenvalue weighted by Crippen LogP contribution is -2.41. The van der Waals surface area contributed by atoms with Gasteiger partial charge in [-0.25, -0.2) is 4.39 Å². The largest absolute Gasteiger partial charge is 0.362 e. The fourth-order valence-electron chi connectivity index (χ4n) is 3.80. The molecule has 0 saturated carbocycles. The SMILES string of the molecule is Cc1ccc(NC(=O)C(=O)NC[C@@H](c2cccnc2)N2CCc3ccccc32)cc1F. The van der Waals surface area contributed by atoms with Gasteiger partial charge >= 0.3 is 11.8 Å². The normalized spacial score (nSPS) is 13.4. The van der Waals surface area contributed by atoms with Crippen molar-refractivity contribution in [2.45, 2.75) is 19.4 Å². The summed E-state index contributed by atoms with van der Waals surface area (Å²) in [5, 5.41) is 5.16. The first kappa shape index (κ1) is 20.5. The Bertz CT molecular complexity index is 1100. The summed E-state index contributed by atoms with van der Waals surface area (Å²) in [6.45, 7) is 2.67. The molecular formula is C24H23FN4O2. The number of carbonyl (C=O) groups excluding carboxylic acids is 2. The van der Waals surface area contributed by atoms with Crippen LogP contribution in [-0.4, -0.2) is 29.9 Å². The summed E-state index contributed by atoms with van der Waals surface area (Å²) in [6, 6.07) is 16.1. The summed E-state index contributed by atoms with van der Waals surface area (Å²) in [4.78, 5) is 31.2. The first-order chi connectivity index (χ1) is 15.0. The van der Waals surface area contributed by atoms with Crippen LogP contribution in [0.5, 0.6) is 0 Å². The molecule has 1 aliphatic heterocycles. The molecule has 0 saturated heterocycles. The average molecular weight is 418 g/mol. The molecule has 1 aromatic heterocycles. The quantitative estimate of drug-likeness (QED) is 0.623. The second kappa shape index (κ2) is 8.95. The smallest absolute Gasteiger partial charge is 0.313 e. The lowest BCUT2D eigenvalue weighted by atomic mass is 10.1. The maximum Gasteiger partial charge on any atom is 0.313 e. The molecule has 1 atom stereocenters. The number of benzene rings is 2. The van der Waals surface area contributed by atoms with Crippen molar-refractivity contribution in [1.82, 2.24) is 10.3 Å². The van der Waals surface area contributed by atoms with Crippen molar-refractivity contribution >= 4 is 23.2 Å². The number of halogens is 1. The van der Waals surface area contributed by atoms with Gasteiger partial charge in [0.2, 0.25) is 0 Å². The van der Waals surface area contributed by atoms with Crippen molar-refractivity contribution in [2.75, 3.05) is 23.3 Å². The number of nitrogens with zero attached hydrogens (tertiary/aromatic N) is 2. The second-order valence-electron chi connectivity index (χ2n) is 7.50. The monoisotopic (exact) mass is 418 g/mol. The van der Waals surface area contributed by atoms with E-state index in [9.17, 15) is 14.0 Å². The first-order valence-corrected chi connectivity index (χ1v) is 10.1. The summed E-state index contributed by atoms with van der Waals surface area (Å²) in [5.74, 6) is -2.06. The van der Waals surface area contributed by atoms with Gasteiger partial charge in [0.05, 0.1) is 6.04 Å². The number of fused-ring (bicyclic) bond motifs is 1. The number of hydrogen-bond donors (Lipinski definition) is 2. The van der Waals surface area contributed by atoms with E-state index >= 15 is 0 Å². The summed E-state index contributed by atoms with van der Waals surface area (Å²) >= 11 is 0. The number of aryl methyl sites for hydroxylation is 1. The molecule has 158 valence electrons. The Balaban J connectivity index is 1.47. The molecule has 0 spiro atoms. The molecule has 0 aliphatic carbocycles. The number of para-hydroxylation sites is 1. The van der Waals surface area contributed by atoms with E-state index in [-0.39, 0.29) is 18.3 Å². The Morgan fingerprint density at radius 2 is 1.97 bits per heavy atom. The van der Waals surface area contributed by atoms with Gasteiger partial charge in [0.1, 0.15) is 5.82 Å². The van der Waals surface area contributed by atoms with Gasteiger partial charge in [-0.1, -0.05) is 30.3 Å². The van der Waals surface area contributed by atoms with Crippen molar-refractivity contribution in [3.63, 3.8) is 0 Å². The van der Waals surface area contributed by atoms with E-state index in [2.05, 4.69) is 32.7 Å². The topological polar surface area (TPSA) is 74.3 Å². The molecular weight excluding hydrogens is 395 g/mol. The lowest BCUT2D eigenvalue weighted by Gasteiger charge is -2.30. The molecule has 0 fully saturated rings. The highest BCUT2D eigenvalue weighted by atomic mass is 19.1. The zero-order chi connectivity index (χ0) is 21.8. The van der Waals surface area contributed by atoms with E-state index in [0.29, 0.717) is 5.56 Å². The minimum absolute atomic E-state index is 0.175. The molecule has 0 unspecified atom stereocenters. The number of nitrogens with one attached hydrogen (secondary N) is 2. The van der Waals surface area contributed by atoms with Crippen molar-refractivity contribution in [2.24, 2.45) is 0 Å². The molecule has 7 heteroatoms. The van der Waals surface area contributed by atoms with E-state index in [0.717, 1.165) is 24.2 Å². The van der Waals surface area contributed by atoms with Crippen LogP contribution in [0.25, 0.3) is 0 Å². The Labute approximate surface area is 180 Å². The molecule has 0 bridgehead atoms. The summed E-state index contributed by atoms with van der Waals surface area (Å²) in [7, 11) is 0. The lowest BCUT2D eigenvalue weighted by molar-refractivity contribution is -0.136. The molecule has 1 aliphatic rings. The second-order valence-corrected chi connectivity index (χ2v) is 7.50. The molecule has 2 N–H and O–H groups in total. The summed E-state index contributed by atoms with van der Waals surface area (Å²) < 4.78 is 13.7. The van der Waals surface area contributed by atoms with Gasteiger partial charge in [0.25, 0.3) is 0 Å². The van der Waals surface area contributed by atoms with Crippen molar-refractivity contribution in [3.05, 3.63) is 89.5 Å². The van der Waals surface area contributed by atoms with E-state index in [4.69, 9.17) is 0 Å². The molecule has 2 aromatic carbocycles. The molecule has 0 radical (unpaired) electrons.